The van der Waals surface area contributed by atoms with Crippen molar-refractivity contribution < 1.29 is 4.74 Å². The van der Waals surface area contributed by atoms with Crippen molar-refractivity contribution in [1.82, 2.24) is 4.57 Å². The fourth-order valence-electron chi connectivity index (χ4n) is 2.73. The maximum Gasteiger partial charge on any atom is 0.233 e. The van der Waals surface area contributed by atoms with E-state index in [0.29, 0.717) is 18.6 Å². The predicted molar refractivity (Wildman–Crippen MR) is 90.4 cm³/mol. The number of rotatable bonds is 5. The third kappa shape index (κ3) is 3.08. The molecule has 3 heteroatoms. The maximum atomic E-state index is 5.86. The zero-order valence-corrected chi connectivity index (χ0v) is 13.6. The van der Waals surface area contributed by atoms with E-state index in [1.807, 2.05) is 0 Å². The minimum Gasteiger partial charge on any atom is -0.474 e. The first-order valence-electron chi connectivity index (χ1n) is 8.09. The Labute approximate surface area is 132 Å². The summed E-state index contributed by atoms with van der Waals surface area (Å²) >= 11 is 0. The summed E-state index contributed by atoms with van der Waals surface area (Å²) in [5.41, 5.74) is 3.66. The Hall–Kier alpha value is -2.03. The molecular weight excluding hydrogens is 272 g/mol. The van der Waals surface area contributed by atoms with Crippen LogP contribution in [0.5, 0.6) is 0 Å². The molecule has 0 saturated heterocycles. The zero-order valence-electron chi connectivity index (χ0n) is 13.6. The summed E-state index contributed by atoms with van der Waals surface area (Å²) in [6, 6.07) is 13.1. The zero-order chi connectivity index (χ0) is 15.5. The van der Waals surface area contributed by atoms with Crippen LogP contribution in [0.25, 0.3) is 0 Å². The molecule has 0 bridgehead atoms. The molecule has 1 aromatic carbocycles. The lowest BCUT2D eigenvalue weighted by Gasteiger charge is -2.11. The van der Waals surface area contributed by atoms with E-state index >= 15 is 0 Å². The first-order chi connectivity index (χ1) is 10.7. The van der Waals surface area contributed by atoms with Gasteiger partial charge in [0.05, 0.1) is 6.04 Å². The third-order valence-corrected chi connectivity index (χ3v) is 4.50. The van der Waals surface area contributed by atoms with Crippen LogP contribution in [0, 0.1) is 12.8 Å². The second-order valence-corrected chi connectivity index (χ2v) is 6.21. The molecule has 0 spiro atoms. The average molecular weight is 296 g/mol. The van der Waals surface area contributed by atoms with Crippen molar-refractivity contribution >= 4 is 5.90 Å². The van der Waals surface area contributed by atoms with E-state index in [0.717, 1.165) is 24.6 Å². The van der Waals surface area contributed by atoms with Crippen molar-refractivity contribution in [2.24, 2.45) is 10.9 Å². The van der Waals surface area contributed by atoms with Gasteiger partial charge in [0.1, 0.15) is 12.3 Å². The Morgan fingerprint density at radius 2 is 2.05 bits per heavy atom. The largest absolute Gasteiger partial charge is 0.474 e. The van der Waals surface area contributed by atoms with Gasteiger partial charge in [-0.2, -0.15) is 0 Å². The summed E-state index contributed by atoms with van der Waals surface area (Å²) in [6.45, 7) is 8.12. The molecule has 116 valence electrons. The predicted octanol–water partition coefficient (Wildman–Crippen LogP) is 4.04. The van der Waals surface area contributed by atoms with Crippen molar-refractivity contribution in [3.63, 3.8) is 0 Å². The number of nitrogens with zero attached hydrogens (tertiary/aromatic N) is 2. The summed E-state index contributed by atoms with van der Waals surface area (Å²) in [4.78, 5) is 4.79. The molecule has 2 aromatic rings. The molecule has 0 saturated carbocycles. The van der Waals surface area contributed by atoms with Crippen molar-refractivity contribution in [1.29, 1.82) is 0 Å². The molecule has 0 radical (unpaired) electrons. The fourth-order valence-corrected chi connectivity index (χ4v) is 2.73. The van der Waals surface area contributed by atoms with Crippen molar-refractivity contribution in [3.8, 4) is 0 Å². The van der Waals surface area contributed by atoms with Gasteiger partial charge in [0, 0.05) is 12.7 Å². The minimum atomic E-state index is 0.294. The first-order valence-corrected chi connectivity index (χ1v) is 8.09. The molecule has 22 heavy (non-hydrogen) atoms. The fraction of sp³-hybridized carbons (Fsp3) is 0.421. The molecule has 3 nitrogen and oxygen atoms in total. The first kappa shape index (κ1) is 14.9. The van der Waals surface area contributed by atoms with E-state index in [4.69, 9.17) is 9.73 Å². The molecule has 1 aliphatic rings. The molecule has 0 aliphatic carbocycles. The highest BCUT2D eigenvalue weighted by Gasteiger charge is 2.25. The highest BCUT2D eigenvalue weighted by atomic mass is 16.5. The van der Waals surface area contributed by atoms with Crippen molar-refractivity contribution in [2.45, 2.75) is 39.8 Å². The van der Waals surface area contributed by atoms with Crippen LogP contribution in [0.1, 0.15) is 37.1 Å². The average Bonchev–Trinajstić information content (AvgIpc) is 3.17. The second kappa shape index (κ2) is 6.39. The third-order valence-electron chi connectivity index (χ3n) is 4.50. The lowest BCUT2D eigenvalue weighted by Crippen LogP contribution is -2.16. The Kier molecular flexibility index (Phi) is 4.32. The molecule has 3 rings (SSSR count). The summed E-state index contributed by atoms with van der Waals surface area (Å²) in [5.74, 6) is 1.36. The molecule has 0 unspecified atom stereocenters. The van der Waals surface area contributed by atoms with Gasteiger partial charge in [-0.1, -0.05) is 50.1 Å². The van der Waals surface area contributed by atoms with Crippen molar-refractivity contribution in [2.75, 3.05) is 6.61 Å². The van der Waals surface area contributed by atoms with Crippen LogP contribution in [0.2, 0.25) is 0 Å². The minimum absolute atomic E-state index is 0.294. The van der Waals surface area contributed by atoms with Gasteiger partial charge in [-0.15, -0.1) is 0 Å². The Morgan fingerprint density at radius 1 is 1.27 bits per heavy atom. The number of aryl methyl sites for hydroxylation is 1. The molecule has 2 heterocycles. The molecule has 0 amide bonds. The van der Waals surface area contributed by atoms with Crippen LogP contribution in [0.4, 0.5) is 0 Å². The second-order valence-electron chi connectivity index (χ2n) is 6.21. The Bertz CT molecular complexity index is 654. The maximum absolute atomic E-state index is 5.86. The SMILES string of the molecule is CC[C@@H](C)[C@@H]1COC(c2cccn2Cc2ccc(C)cc2)=N1. The molecule has 1 aliphatic heterocycles. The molecule has 0 fully saturated rings. The summed E-state index contributed by atoms with van der Waals surface area (Å²) in [7, 11) is 0. The number of hydrogen-bond acceptors (Lipinski definition) is 2. The normalized spacial score (nSPS) is 18.9. The van der Waals surface area contributed by atoms with Gasteiger partial charge in [-0.25, -0.2) is 4.99 Å². The lowest BCUT2D eigenvalue weighted by atomic mass is 10.0. The van der Waals surface area contributed by atoms with E-state index in [1.54, 1.807) is 0 Å². The van der Waals surface area contributed by atoms with Crippen LogP contribution in [-0.2, 0) is 11.3 Å². The quantitative estimate of drug-likeness (QED) is 0.818. The van der Waals surface area contributed by atoms with Gasteiger partial charge < -0.3 is 9.30 Å². The van der Waals surface area contributed by atoms with E-state index in [9.17, 15) is 0 Å². The van der Waals surface area contributed by atoms with Gasteiger partial charge in [0.25, 0.3) is 0 Å². The summed E-state index contributed by atoms with van der Waals surface area (Å²) < 4.78 is 8.07. The molecule has 0 N–H and O–H groups in total. The Morgan fingerprint density at radius 3 is 2.77 bits per heavy atom. The van der Waals surface area contributed by atoms with Crippen LogP contribution in [0.15, 0.2) is 47.6 Å². The van der Waals surface area contributed by atoms with Crippen LogP contribution in [0.3, 0.4) is 0 Å². The van der Waals surface area contributed by atoms with Crippen LogP contribution in [-0.4, -0.2) is 23.1 Å². The number of aromatic nitrogens is 1. The highest BCUT2D eigenvalue weighted by molar-refractivity contribution is 5.93. The van der Waals surface area contributed by atoms with E-state index < -0.39 is 0 Å². The summed E-state index contributed by atoms with van der Waals surface area (Å²) in [5, 5.41) is 0. The Balaban J connectivity index is 1.79. The van der Waals surface area contributed by atoms with E-state index in [1.165, 1.54) is 11.1 Å². The van der Waals surface area contributed by atoms with Crippen LogP contribution >= 0.6 is 0 Å². The number of aliphatic imine (C=N–C) groups is 1. The highest BCUT2D eigenvalue weighted by Crippen LogP contribution is 2.21. The molecular formula is C19H24N2O. The van der Waals surface area contributed by atoms with Crippen molar-refractivity contribution in [3.05, 3.63) is 59.4 Å². The van der Waals surface area contributed by atoms with E-state index in [-0.39, 0.29) is 0 Å². The molecule has 1 aromatic heterocycles. The smallest absolute Gasteiger partial charge is 0.233 e. The van der Waals surface area contributed by atoms with Crippen LogP contribution < -0.4 is 0 Å². The number of hydrogen-bond donors (Lipinski definition) is 0. The van der Waals surface area contributed by atoms with Gasteiger partial charge in [0.15, 0.2) is 0 Å². The van der Waals surface area contributed by atoms with Gasteiger partial charge in [-0.3, -0.25) is 0 Å². The number of benzene rings is 1. The lowest BCUT2D eigenvalue weighted by molar-refractivity contribution is 0.281. The van der Waals surface area contributed by atoms with Gasteiger partial charge in [0.2, 0.25) is 5.90 Å². The monoisotopic (exact) mass is 296 g/mol. The van der Waals surface area contributed by atoms with Gasteiger partial charge in [-0.05, 0) is 30.5 Å². The number of ether oxygens (including phenoxy) is 1. The summed E-state index contributed by atoms with van der Waals surface area (Å²) in [6.07, 6.45) is 3.23. The standard InChI is InChI=1S/C19H24N2O/c1-4-15(3)17-13-22-19(20-17)18-6-5-11-21(18)12-16-9-7-14(2)8-10-16/h5-11,15,17H,4,12-13H2,1-3H3/t15-,17+/m1/s1. The molecule has 2 atom stereocenters. The van der Waals surface area contributed by atoms with E-state index in [2.05, 4.69) is 67.9 Å². The topological polar surface area (TPSA) is 26.5 Å². The van der Waals surface area contributed by atoms with Gasteiger partial charge >= 0.3 is 0 Å².